The van der Waals surface area contributed by atoms with Gasteiger partial charge in [0.25, 0.3) is 0 Å². The van der Waals surface area contributed by atoms with Crippen LogP contribution in [0.15, 0.2) is 35.9 Å². The van der Waals surface area contributed by atoms with Crippen LogP contribution in [0.25, 0.3) is 6.08 Å². The number of aliphatic hydroxyl groups excluding tert-OH is 1. The van der Waals surface area contributed by atoms with Crippen LogP contribution in [0.5, 0.6) is 0 Å². The third kappa shape index (κ3) is 3.30. The van der Waals surface area contributed by atoms with E-state index < -0.39 is 0 Å². The number of rotatable bonds is 7. The van der Waals surface area contributed by atoms with E-state index in [1.165, 1.54) is 37.9 Å². The van der Waals surface area contributed by atoms with Gasteiger partial charge in [-0.2, -0.15) is 0 Å². The summed E-state index contributed by atoms with van der Waals surface area (Å²) in [5, 5.41) is 12.9. The predicted octanol–water partition coefficient (Wildman–Crippen LogP) is 2.91. The zero-order chi connectivity index (χ0) is 16.6. The highest BCUT2D eigenvalue weighted by Gasteiger charge is 2.53. The zero-order valence-corrected chi connectivity index (χ0v) is 14.7. The van der Waals surface area contributed by atoms with Crippen LogP contribution in [0.1, 0.15) is 38.2 Å². The van der Waals surface area contributed by atoms with Gasteiger partial charge in [0.15, 0.2) is 0 Å². The summed E-state index contributed by atoms with van der Waals surface area (Å²) in [7, 11) is 0. The van der Waals surface area contributed by atoms with Gasteiger partial charge in [0.2, 0.25) is 0 Å². The van der Waals surface area contributed by atoms with E-state index in [4.69, 9.17) is 5.11 Å². The molecule has 130 valence electrons. The van der Waals surface area contributed by atoms with Crippen LogP contribution in [0, 0.1) is 11.3 Å². The Morgan fingerprint density at radius 2 is 2.04 bits per heavy atom. The standard InChI is InChI=1S/C21H30N2O/c1-2-17(10-16-6-4-3-5-7-16)19-11-20(19)22-18-12-21(13-18)14-23(15-21)8-9-24/h3-7,10,18-20,22,24H,2,8-9,11-15H2,1H3/b17-10+/t19-,20+/m1/s1. The van der Waals surface area contributed by atoms with E-state index in [1.807, 2.05) is 0 Å². The predicted molar refractivity (Wildman–Crippen MR) is 98.7 cm³/mol. The molecule has 0 bridgehead atoms. The first-order valence-electron chi connectivity index (χ1n) is 9.56. The van der Waals surface area contributed by atoms with Gasteiger partial charge in [-0.15, -0.1) is 0 Å². The van der Waals surface area contributed by atoms with Gasteiger partial charge in [-0.25, -0.2) is 0 Å². The lowest BCUT2D eigenvalue weighted by molar-refractivity contribution is -0.0832. The van der Waals surface area contributed by atoms with E-state index in [2.05, 4.69) is 53.5 Å². The molecule has 3 nitrogen and oxygen atoms in total. The number of hydrogen-bond acceptors (Lipinski definition) is 3. The topological polar surface area (TPSA) is 35.5 Å². The van der Waals surface area contributed by atoms with Crippen LogP contribution < -0.4 is 5.32 Å². The van der Waals surface area contributed by atoms with Gasteiger partial charge in [-0.3, -0.25) is 4.90 Å². The molecule has 3 heteroatoms. The molecule has 0 amide bonds. The fourth-order valence-corrected chi connectivity index (χ4v) is 4.89. The number of nitrogens with zero attached hydrogens (tertiary/aromatic N) is 1. The van der Waals surface area contributed by atoms with Crippen molar-refractivity contribution in [3.05, 3.63) is 41.5 Å². The molecule has 1 aromatic carbocycles. The number of benzene rings is 1. The lowest BCUT2D eigenvalue weighted by Crippen LogP contribution is -2.66. The van der Waals surface area contributed by atoms with Crippen molar-refractivity contribution >= 4 is 6.08 Å². The lowest BCUT2D eigenvalue weighted by Gasteiger charge is -2.59. The van der Waals surface area contributed by atoms with Gasteiger partial charge in [0, 0.05) is 31.7 Å². The molecule has 1 saturated heterocycles. The molecule has 1 heterocycles. The zero-order valence-electron chi connectivity index (χ0n) is 14.7. The third-order valence-corrected chi connectivity index (χ3v) is 6.17. The van der Waals surface area contributed by atoms with Crippen molar-refractivity contribution in [3.8, 4) is 0 Å². The molecule has 0 unspecified atom stereocenters. The second-order valence-electron chi connectivity index (χ2n) is 8.14. The smallest absolute Gasteiger partial charge is 0.0558 e. The second kappa shape index (κ2) is 6.62. The maximum Gasteiger partial charge on any atom is 0.0558 e. The van der Waals surface area contributed by atoms with Gasteiger partial charge in [-0.1, -0.05) is 48.9 Å². The Bertz CT molecular complexity index is 583. The average molecular weight is 326 g/mol. The molecule has 2 N–H and O–H groups in total. The highest BCUT2D eigenvalue weighted by Crippen LogP contribution is 2.50. The Balaban J connectivity index is 1.24. The van der Waals surface area contributed by atoms with Crippen molar-refractivity contribution in [2.75, 3.05) is 26.2 Å². The Morgan fingerprint density at radius 1 is 1.29 bits per heavy atom. The van der Waals surface area contributed by atoms with Crippen LogP contribution in [0.2, 0.25) is 0 Å². The maximum atomic E-state index is 8.99. The Kier molecular flexibility index (Phi) is 4.50. The molecule has 2 aliphatic carbocycles. The molecular weight excluding hydrogens is 296 g/mol. The first-order chi connectivity index (χ1) is 11.7. The molecule has 1 aliphatic heterocycles. The van der Waals surface area contributed by atoms with Crippen LogP contribution in [0.3, 0.4) is 0 Å². The maximum absolute atomic E-state index is 8.99. The Labute approximate surface area is 145 Å². The first-order valence-corrected chi connectivity index (χ1v) is 9.56. The quantitative estimate of drug-likeness (QED) is 0.809. The summed E-state index contributed by atoms with van der Waals surface area (Å²) in [6.07, 6.45) is 7.53. The van der Waals surface area contributed by atoms with E-state index >= 15 is 0 Å². The van der Waals surface area contributed by atoms with E-state index in [0.717, 1.165) is 24.9 Å². The molecule has 0 radical (unpaired) electrons. The minimum Gasteiger partial charge on any atom is -0.395 e. The molecule has 2 saturated carbocycles. The van der Waals surface area contributed by atoms with E-state index in [1.54, 1.807) is 5.57 Å². The number of aliphatic hydroxyl groups is 1. The molecule has 1 aromatic rings. The van der Waals surface area contributed by atoms with Crippen molar-refractivity contribution in [3.63, 3.8) is 0 Å². The monoisotopic (exact) mass is 326 g/mol. The molecule has 2 atom stereocenters. The summed E-state index contributed by atoms with van der Waals surface area (Å²) < 4.78 is 0. The van der Waals surface area contributed by atoms with Gasteiger partial charge < -0.3 is 10.4 Å². The van der Waals surface area contributed by atoms with Crippen molar-refractivity contribution in [2.45, 2.75) is 44.7 Å². The molecule has 24 heavy (non-hydrogen) atoms. The Hall–Kier alpha value is -1.16. The van der Waals surface area contributed by atoms with E-state index in [0.29, 0.717) is 18.1 Å². The van der Waals surface area contributed by atoms with Crippen molar-refractivity contribution < 1.29 is 5.11 Å². The molecular formula is C21H30N2O. The van der Waals surface area contributed by atoms with Crippen LogP contribution in [-0.2, 0) is 0 Å². The summed E-state index contributed by atoms with van der Waals surface area (Å²) in [6.45, 7) is 5.85. The summed E-state index contributed by atoms with van der Waals surface area (Å²) >= 11 is 0. The normalized spacial score (nSPS) is 29.3. The number of likely N-dealkylation sites (tertiary alicyclic amines) is 1. The molecule has 3 fully saturated rings. The molecule has 1 spiro atoms. The first kappa shape index (κ1) is 16.3. The highest BCUT2D eigenvalue weighted by molar-refractivity contribution is 5.54. The van der Waals surface area contributed by atoms with Crippen LogP contribution in [0.4, 0.5) is 0 Å². The number of hydrogen-bond donors (Lipinski definition) is 2. The largest absolute Gasteiger partial charge is 0.395 e. The third-order valence-electron chi connectivity index (χ3n) is 6.17. The minimum atomic E-state index is 0.301. The summed E-state index contributed by atoms with van der Waals surface area (Å²) in [5.74, 6) is 0.749. The van der Waals surface area contributed by atoms with Crippen molar-refractivity contribution in [1.82, 2.24) is 10.2 Å². The van der Waals surface area contributed by atoms with Gasteiger partial charge in [-0.05, 0) is 42.6 Å². The van der Waals surface area contributed by atoms with Crippen LogP contribution >= 0.6 is 0 Å². The Morgan fingerprint density at radius 3 is 2.71 bits per heavy atom. The van der Waals surface area contributed by atoms with E-state index in [9.17, 15) is 0 Å². The fraction of sp³-hybridized carbons (Fsp3) is 0.619. The van der Waals surface area contributed by atoms with Gasteiger partial charge in [0.05, 0.1) is 6.61 Å². The van der Waals surface area contributed by atoms with Crippen LogP contribution in [-0.4, -0.2) is 48.3 Å². The van der Waals surface area contributed by atoms with E-state index in [-0.39, 0.29) is 0 Å². The number of nitrogens with one attached hydrogen (secondary N) is 1. The van der Waals surface area contributed by atoms with Gasteiger partial charge >= 0.3 is 0 Å². The molecule has 0 aromatic heterocycles. The fourth-order valence-electron chi connectivity index (χ4n) is 4.89. The molecule has 4 rings (SSSR count). The minimum absolute atomic E-state index is 0.301. The highest BCUT2D eigenvalue weighted by atomic mass is 16.3. The van der Waals surface area contributed by atoms with Gasteiger partial charge in [0.1, 0.15) is 0 Å². The lowest BCUT2D eigenvalue weighted by atomic mass is 9.60. The summed E-state index contributed by atoms with van der Waals surface area (Å²) in [4.78, 5) is 2.38. The summed E-state index contributed by atoms with van der Waals surface area (Å²) in [6, 6.07) is 12.2. The SMILES string of the molecule is CC/C(=C\c1ccccc1)[C@H]1C[C@@H]1NC1CC2(C1)CN(CCO)C2. The van der Waals surface area contributed by atoms with Crippen molar-refractivity contribution in [1.29, 1.82) is 0 Å². The van der Waals surface area contributed by atoms with Crippen molar-refractivity contribution in [2.24, 2.45) is 11.3 Å². The number of β-amino-alcohol motifs (C(OH)–C–C–N with tert-alkyl or cyclic N) is 1. The average Bonchev–Trinajstić information content (AvgIpc) is 3.28. The summed E-state index contributed by atoms with van der Waals surface area (Å²) in [5.41, 5.74) is 3.52. The molecule has 3 aliphatic rings. The second-order valence-corrected chi connectivity index (χ2v) is 8.14.